The molecule has 0 spiro atoms. The van der Waals surface area contributed by atoms with Crippen LogP contribution in [0.15, 0.2) is 73.1 Å². The monoisotopic (exact) mass is 577 g/mol. The van der Waals surface area contributed by atoms with Crippen LogP contribution in [0.3, 0.4) is 0 Å². The van der Waals surface area contributed by atoms with Crippen molar-refractivity contribution in [1.29, 1.82) is 5.26 Å². The highest BCUT2D eigenvalue weighted by Gasteiger charge is 2.28. The van der Waals surface area contributed by atoms with Gasteiger partial charge in [0.25, 0.3) is 0 Å². The van der Waals surface area contributed by atoms with Gasteiger partial charge in [0, 0.05) is 56.3 Å². The third-order valence-corrected chi connectivity index (χ3v) is 8.30. The summed E-state index contributed by atoms with van der Waals surface area (Å²) in [5.41, 5.74) is 9.95. The quantitative estimate of drug-likeness (QED) is 0.261. The molecule has 222 valence electrons. The van der Waals surface area contributed by atoms with Gasteiger partial charge < -0.3 is 19.7 Å². The molecule has 0 saturated carbocycles. The summed E-state index contributed by atoms with van der Waals surface area (Å²) in [5, 5.41) is 26.4. The summed E-state index contributed by atoms with van der Waals surface area (Å²) in [5.74, 6) is 1.69. The van der Waals surface area contributed by atoms with Gasteiger partial charge >= 0.3 is 0 Å². The summed E-state index contributed by atoms with van der Waals surface area (Å²) >= 11 is 0. The number of pyridine rings is 1. The maximum Gasteiger partial charge on any atom is 0.128 e. The molecule has 1 aliphatic heterocycles. The van der Waals surface area contributed by atoms with Crippen LogP contribution in [0.25, 0.3) is 11.1 Å². The molecule has 1 aromatic heterocycles. The zero-order valence-electron chi connectivity index (χ0n) is 24.9. The van der Waals surface area contributed by atoms with Gasteiger partial charge in [0.05, 0.1) is 11.7 Å². The van der Waals surface area contributed by atoms with E-state index in [-0.39, 0.29) is 6.10 Å². The Morgan fingerprint density at radius 2 is 1.74 bits per heavy atom. The number of hydrogen-bond donors (Lipinski definition) is 2. The Bertz CT molecular complexity index is 1580. The smallest absolute Gasteiger partial charge is 0.128 e. The van der Waals surface area contributed by atoms with Crippen molar-refractivity contribution in [2.75, 3.05) is 20.2 Å². The van der Waals surface area contributed by atoms with Crippen LogP contribution in [0.2, 0.25) is 0 Å². The highest BCUT2D eigenvalue weighted by molar-refractivity contribution is 5.68. The van der Waals surface area contributed by atoms with Crippen molar-refractivity contribution in [2.45, 2.75) is 58.5 Å². The molecule has 2 aliphatic rings. The van der Waals surface area contributed by atoms with E-state index < -0.39 is 0 Å². The van der Waals surface area contributed by atoms with E-state index in [4.69, 9.17) is 14.6 Å². The molecule has 2 N–H and O–H groups in total. The average molecular weight is 578 g/mol. The molecule has 1 fully saturated rings. The van der Waals surface area contributed by atoms with E-state index in [1.54, 1.807) is 12.4 Å². The van der Waals surface area contributed by atoms with Gasteiger partial charge in [-0.1, -0.05) is 48.5 Å². The molecule has 1 unspecified atom stereocenters. The molecule has 2 heterocycles. The van der Waals surface area contributed by atoms with Gasteiger partial charge in [-0.15, -0.1) is 0 Å². The summed E-state index contributed by atoms with van der Waals surface area (Å²) in [7, 11) is 1.00. The lowest BCUT2D eigenvalue weighted by molar-refractivity contribution is 0.174. The predicted molar refractivity (Wildman–Crippen MR) is 167 cm³/mol. The molecule has 1 atom stereocenters. The number of rotatable bonds is 9. The number of aliphatic hydroxyl groups excluding tert-OH is 2. The van der Waals surface area contributed by atoms with Gasteiger partial charge in [-0.25, -0.2) is 0 Å². The number of benzene rings is 3. The summed E-state index contributed by atoms with van der Waals surface area (Å²) in [6.45, 7) is 5.25. The van der Waals surface area contributed by atoms with Gasteiger partial charge in [0.2, 0.25) is 0 Å². The number of hydrogen-bond acceptors (Lipinski definition) is 7. The fourth-order valence-electron chi connectivity index (χ4n) is 6.12. The first kappa shape index (κ1) is 30.2. The van der Waals surface area contributed by atoms with E-state index in [1.807, 2.05) is 12.1 Å². The van der Waals surface area contributed by atoms with E-state index >= 15 is 0 Å². The summed E-state index contributed by atoms with van der Waals surface area (Å²) in [6.07, 6.45) is 6.88. The van der Waals surface area contributed by atoms with Gasteiger partial charge in [0.1, 0.15) is 30.8 Å². The first-order valence-corrected chi connectivity index (χ1v) is 14.9. The van der Waals surface area contributed by atoms with Crippen molar-refractivity contribution in [1.82, 2.24) is 9.88 Å². The van der Waals surface area contributed by atoms with Gasteiger partial charge in [-0.2, -0.15) is 5.26 Å². The second kappa shape index (κ2) is 14.3. The van der Waals surface area contributed by atoms with Crippen molar-refractivity contribution >= 4 is 0 Å². The van der Waals surface area contributed by atoms with Crippen LogP contribution in [-0.2, 0) is 32.6 Å². The van der Waals surface area contributed by atoms with Crippen LogP contribution in [0.4, 0.5) is 0 Å². The Morgan fingerprint density at radius 1 is 0.953 bits per heavy atom. The number of aliphatic hydroxyl groups is 2. The lowest BCUT2D eigenvalue weighted by Crippen LogP contribution is -2.23. The minimum Gasteiger partial charge on any atom is -0.488 e. The van der Waals surface area contributed by atoms with Crippen LogP contribution in [-0.4, -0.2) is 46.4 Å². The maximum atomic E-state index is 10.2. The van der Waals surface area contributed by atoms with Crippen molar-refractivity contribution in [2.24, 2.45) is 0 Å². The molecule has 0 radical (unpaired) electrons. The van der Waals surface area contributed by atoms with Crippen LogP contribution in [0, 0.1) is 18.3 Å². The van der Waals surface area contributed by atoms with Crippen molar-refractivity contribution in [3.63, 3.8) is 0 Å². The van der Waals surface area contributed by atoms with E-state index in [9.17, 15) is 10.4 Å². The van der Waals surface area contributed by atoms with E-state index in [1.165, 1.54) is 33.4 Å². The zero-order chi connectivity index (χ0) is 30.2. The molecular formula is C36H39N3O4. The molecule has 6 rings (SSSR count). The van der Waals surface area contributed by atoms with E-state index in [0.29, 0.717) is 25.3 Å². The molecule has 4 aromatic rings. The highest BCUT2D eigenvalue weighted by atomic mass is 16.5. The molecule has 1 aliphatic carbocycles. The molecule has 7 heteroatoms. The third-order valence-electron chi connectivity index (χ3n) is 8.30. The third kappa shape index (κ3) is 7.06. The summed E-state index contributed by atoms with van der Waals surface area (Å²) in [6, 6.07) is 22.9. The molecule has 0 amide bonds. The Hall–Kier alpha value is -4.22. The van der Waals surface area contributed by atoms with Crippen LogP contribution in [0.5, 0.6) is 11.5 Å². The fraction of sp³-hybridized carbons (Fsp3) is 0.333. The number of ether oxygens (including phenoxy) is 2. The molecular weight excluding hydrogens is 538 g/mol. The zero-order valence-corrected chi connectivity index (χ0v) is 24.9. The predicted octanol–water partition coefficient (Wildman–Crippen LogP) is 5.75. The summed E-state index contributed by atoms with van der Waals surface area (Å²) < 4.78 is 13.0. The minimum absolute atomic E-state index is 0.273. The molecule has 43 heavy (non-hydrogen) atoms. The normalized spacial score (nSPS) is 15.7. The highest BCUT2D eigenvalue weighted by Crippen LogP contribution is 2.41. The van der Waals surface area contributed by atoms with Crippen molar-refractivity contribution in [3.05, 3.63) is 112 Å². The SMILES string of the molecule is CO.Cc1c(COc2cc(OCc3cncc(C#N)c3)c(CN3CCC(O)C3)c3c2CCC3)cccc1-c1ccccc1. The average Bonchev–Trinajstić information content (AvgIpc) is 3.71. The van der Waals surface area contributed by atoms with Crippen LogP contribution in [0.1, 0.15) is 51.8 Å². The number of β-amino-alcohol motifs (C(OH)–C–C–N with tert-alkyl or cyclic N) is 1. The largest absolute Gasteiger partial charge is 0.488 e. The van der Waals surface area contributed by atoms with E-state index in [2.05, 4.69) is 71.4 Å². The van der Waals surface area contributed by atoms with Crippen LogP contribution >= 0.6 is 0 Å². The number of fused-ring (bicyclic) bond motifs is 1. The second-order valence-corrected chi connectivity index (χ2v) is 11.1. The lowest BCUT2D eigenvalue weighted by atomic mass is 9.97. The molecule has 3 aromatic carbocycles. The molecule has 1 saturated heterocycles. The standard InChI is InChI=1S/C35H35N3O3.CH4O/c1-24-28(9-5-10-30(24)27-7-3-2-4-8-27)23-41-34-16-35(40-22-26-15-25(17-36)18-37-19-26)33(31-11-6-12-32(31)34)21-38-14-13-29(39)20-38;1-2/h2-5,7-10,15-16,18-19,29,39H,6,11-14,20-23H2,1H3;2H,1H3. The van der Waals surface area contributed by atoms with Crippen molar-refractivity contribution in [3.8, 4) is 28.7 Å². The Kier molecular flexibility index (Phi) is 10.1. The van der Waals surface area contributed by atoms with Gasteiger partial charge in [-0.3, -0.25) is 9.88 Å². The van der Waals surface area contributed by atoms with Gasteiger partial charge in [-0.05, 0) is 72.1 Å². The second-order valence-electron chi connectivity index (χ2n) is 11.1. The topological polar surface area (TPSA) is 98.8 Å². The minimum atomic E-state index is -0.273. The molecule has 0 bridgehead atoms. The van der Waals surface area contributed by atoms with Crippen molar-refractivity contribution < 1.29 is 19.7 Å². The number of aromatic nitrogens is 1. The van der Waals surface area contributed by atoms with E-state index in [0.717, 1.165) is 68.5 Å². The Labute approximate surface area is 254 Å². The first-order chi connectivity index (χ1) is 21.1. The number of nitriles is 1. The van der Waals surface area contributed by atoms with Crippen LogP contribution < -0.4 is 9.47 Å². The maximum absolute atomic E-state index is 10.2. The Balaban J connectivity index is 0.00000180. The number of likely N-dealkylation sites (tertiary alicyclic amines) is 1. The first-order valence-electron chi connectivity index (χ1n) is 14.9. The fourth-order valence-corrected chi connectivity index (χ4v) is 6.12. The number of nitrogens with zero attached hydrogens (tertiary/aromatic N) is 3. The van der Waals surface area contributed by atoms with Gasteiger partial charge in [0.15, 0.2) is 0 Å². The Morgan fingerprint density at radius 3 is 2.51 bits per heavy atom. The lowest BCUT2D eigenvalue weighted by Gasteiger charge is -2.23. The summed E-state index contributed by atoms with van der Waals surface area (Å²) in [4.78, 5) is 6.50. The molecule has 7 nitrogen and oxygen atoms in total.